The van der Waals surface area contributed by atoms with Crippen molar-refractivity contribution in [2.75, 3.05) is 27.3 Å². The number of carbonyl (C=O) groups is 2. The highest BCUT2D eigenvalue weighted by Gasteiger charge is 2.26. The summed E-state index contributed by atoms with van der Waals surface area (Å²) in [5, 5.41) is 3.46. The molecule has 0 aromatic heterocycles. The Balaban J connectivity index is 1.70. The van der Waals surface area contributed by atoms with E-state index in [0.29, 0.717) is 31.0 Å². The molecular weight excluding hydrogens is 470 g/mol. The highest BCUT2D eigenvalue weighted by Crippen LogP contribution is 2.25. The normalized spacial score (nSPS) is 14.6. The summed E-state index contributed by atoms with van der Waals surface area (Å²) in [6.45, 7) is 0.987. The van der Waals surface area contributed by atoms with E-state index in [4.69, 9.17) is 21.1 Å². The van der Waals surface area contributed by atoms with Gasteiger partial charge in [0.05, 0.1) is 14.2 Å². The number of benzene rings is 2. The number of nitrogens with zero attached hydrogens (tertiary/aromatic N) is 1. The predicted octanol–water partition coefficient (Wildman–Crippen LogP) is 2.79. The fourth-order valence-corrected chi connectivity index (χ4v) is 4.83. The molecule has 1 fully saturated rings. The minimum absolute atomic E-state index is 0.0534. The van der Waals surface area contributed by atoms with E-state index in [1.807, 2.05) is 0 Å². The number of methoxy groups -OCH3 is 2. The lowest BCUT2D eigenvalue weighted by atomic mass is 10.0. The topological polar surface area (TPSA) is 114 Å². The van der Waals surface area contributed by atoms with Crippen molar-refractivity contribution < 1.29 is 27.5 Å². The maximum absolute atomic E-state index is 12.9. The highest BCUT2D eigenvalue weighted by molar-refractivity contribution is 7.89. The van der Waals surface area contributed by atoms with Gasteiger partial charge in [0.25, 0.3) is 5.91 Å². The minimum Gasteiger partial charge on any atom is -0.495 e. The Kier molecular flexibility index (Phi) is 8.17. The molecule has 2 aromatic rings. The molecule has 0 unspecified atom stereocenters. The van der Waals surface area contributed by atoms with Crippen LogP contribution in [0, 0.1) is 0 Å². The Morgan fingerprint density at radius 2 is 1.76 bits per heavy atom. The van der Waals surface area contributed by atoms with Gasteiger partial charge in [-0.05, 0) is 48.7 Å². The molecule has 178 valence electrons. The van der Waals surface area contributed by atoms with E-state index in [1.165, 1.54) is 32.4 Å². The molecule has 1 saturated heterocycles. The van der Waals surface area contributed by atoms with E-state index >= 15 is 0 Å². The van der Waals surface area contributed by atoms with Crippen molar-refractivity contribution in [3.05, 3.63) is 58.6 Å². The van der Waals surface area contributed by atoms with Gasteiger partial charge in [0.2, 0.25) is 10.0 Å². The molecule has 1 aliphatic heterocycles. The summed E-state index contributed by atoms with van der Waals surface area (Å²) in [6, 6.07) is 10.9. The number of halogens is 1. The summed E-state index contributed by atoms with van der Waals surface area (Å²) in [5.41, 5.74) is 0.923. The SMILES string of the molecule is COC(=O)N1CCC(NC(=O)c2ccc(OC)c(S(=O)(=O)NCc3ccc(Cl)cc3)c2)CC1. The van der Waals surface area contributed by atoms with Gasteiger partial charge in [-0.15, -0.1) is 0 Å². The molecule has 3 rings (SSSR count). The van der Waals surface area contributed by atoms with E-state index in [-0.39, 0.29) is 28.8 Å². The second kappa shape index (κ2) is 10.9. The summed E-state index contributed by atoms with van der Waals surface area (Å²) in [6.07, 6.45) is 0.756. The van der Waals surface area contributed by atoms with Gasteiger partial charge >= 0.3 is 6.09 Å². The first-order chi connectivity index (χ1) is 15.7. The Morgan fingerprint density at radius 1 is 1.09 bits per heavy atom. The molecule has 0 bridgehead atoms. The number of sulfonamides is 1. The van der Waals surface area contributed by atoms with Crippen LogP contribution in [0.4, 0.5) is 4.79 Å². The van der Waals surface area contributed by atoms with Crippen molar-refractivity contribution in [2.45, 2.75) is 30.3 Å². The Labute approximate surface area is 198 Å². The highest BCUT2D eigenvalue weighted by atomic mass is 35.5. The van der Waals surface area contributed by atoms with Crippen molar-refractivity contribution in [3.8, 4) is 5.75 Å². The van der Waals surface area contributed by atoms with Crippen LogP contribution in [0.2, 0.25) is 5.02 Å². The van der Waals surface area contributed by atoms with Crippen LogP contribution in [-0.4, -0.2) is 58.7 Å². The van der Waals surface area contributed by atoms with Gasteiger partial charge in [0.15, 0.2) is 0 Å². The Bertz CT molecular complexity index is 1100. The molecule has 0 radical (unpaired) electrons. The molecule has 11 heteroatoms. The van der Waals surface area contributed by atoms with Gasteiger partial charge < -0.3 is 19.7 Å². The molecule has 0 spiro atoms. The van der Waals surface area contributed by atoms with E-state index < -0.39 is 22.0 Å². The minimum atomic E-state index is -3.97. The van der Waals surface area contributed by atoms with Gasteiger partial charge in [0.1, 0.15) is 10.6 Å². The number of nitrogens with one attached hydrogen (secondary N) is 2. The lowest BCUT2D eigenvalue weighted by molar-refractivity contribution is 0.0892. The van der Waals surface area contributed by atoms with Crippen LogP contribution in [0.3, 0.4) is 0 Å². The van der Waals surface area contributed by atoms with E-state index in [2.05, 4.69) is 10.0 Å². The second-order valence-corrected chi connectivity index (χ2v) is 9.69. The zero-order valence-corrected chi connectivity index (χ0v) is 19.9. The smallest absolute Gasteiger partial charge is 0.409 e. The lowest BCUT2D eigenvalue weighted by Gasteiger charge is -2.31. The standard InChI is InChI=1S/C22H26ClN3O6S/c1-31-19-8-5-16(21(27)25-18-9-11-26(12-10-18)22(28)32-2)13-20(19)33(29,30)24-14-15-3-6-17(23)7-4-15/h3-8,13,18,24H,9-12,14H2,1-2H3,(H,25,27). The average Bonchev–Trinajstić information content (AvgIpc) is 2.83. The zero-order chi connectivity index (χ0) is 24.0. The molecule has 33 heavy (non-hydrogen) atoms. The molecule has 2 N–H and O–H groups in total. The van der Waals surface area contributed by atoms with Gasteiger partial charge in [-0.2, -0.15) is 0 Å². The number of amides is 2. The van der Waals surface area contributed by atoms with Crippen LogP contribution in [0.25, 0.3) is 0 Å². The molecule has 1 aliphatic rings. The van der Waals surface area contributed by atoms with Crippen LogP contribution in [0.5, 0.6) is 5.75 Å². The molecule has 0 atom stereocenters. The first-order valence-corrected chi connectivity index (χ1v) is 12.2. The third-order valence-electron chi connectivity index (χ3n) is 5.36. The summed E-state index contributed by atoms with van der Waals surface area (Å²) < 4.78 is 38.3. The molecule has 2 aromatic carbocycles. The third-order valence-corrected chi connectivity index (χ3v) is 7.03. The van der Waals surface area contributed by atoms with Crippen LogP contribution >= 0.6 is 11.6 Å². The van der Waals surface area contributed by atoms with Crippen molar-refractivity contribution in [1.29, 1.82) is 0 Å². The van der Waals surface area contributed by atoms with Gasteiger partial charge in [0, 0.05) is 36.3 Å². The van der Waals surface area contributed by atoms with E-state index in [9.17, 15) is 18.0 Å². The predicted molar refractivity (Wildman–Crippen MR) is 123 cm³/mol. The first kappa shape index (κ1) is 24.8. The summed E-state index contributed by atoms with van der Waals surface area (Å²) in [5.74, 6) is -0.273. The molecule has 0 saturated carbocycles. The van der Waals surface area contributed by atoms with Crippen LogP contribution in [0.15, 0.2) is 47.4 Å². The summed E-state index contributed by atoms with van der Waals surface area (Å²) >= 11 is 5.87. The molecule has 1 heterocycles. The molecular formula is C22H26ClN3O6S. The van der Waals surface area contributed by atoms with Gasteiger partial charge in [-0.25, -0.2) is 17.9 Å². The first-order valence-electron chi connectivity index (χ1n) is 10.3. The van der Waals surface area contributed by atoms with Crippen LogP contribution in [0.1, 0.15) is 28.8 Å². The maximum Gasteiger partial charge on any atom is 0.409 e. The lowest BCUT2D eigenvalue weighted by Crippen LogP contribution is -2.46. The Morgan fingerprint density at radius 3 is 2.36 bits per heavy atom. The zero-order valence-electron chi connectivity index (χ0n) is 18.3. The summed E-state index contributed by atoms with van der Waals surface area (Å²) in [4.78, 5) is 25.8. The van der Waals surface area contributed by atoms with Crippen molar-refractivity contribution in [1.82, 2.24) is 14.9 Å². The number of hydrogen-bond acceptors (Lipinski definition) is 6. The molecule has 2 amide bonds. The number of carbonyl (C=O) groups excluding carboxylic acids is 2. The van der Waals surface area contributed by atoms with Crippen molar-refractivity contribution >= 4 is 33.6 Å². The monoisotopic (exact) mass is 495 g/mol. The number of piperidine rings is 1. The second-order valence-electron chi connectivity index (χ2n) is 7.52. The van der Waals surface area contributed by atoms with E-state index in [0.717, 1.165) is 5.56 Å². The van der Waals surface area contributed by atoms with Gasteiger partial charge in [-0.1, -0.05) is 23.7 Å². The number of hydrogen-bond donors (Lipinski definition) is 2. The average molecular weight is 496 g/mol. The Hall–Kier alpha value is -2.82. The van der Waals surface area contributed by atoms with Crippen molar-refractivity contribution in [2.24, 2.45) is 0 Å². The molecule has 0 aliphatic carbocycles. The fourth-order valence-electron chi connectivity index (χ4n) is 3.49. The van der Waals surface area contributed by atoms with Crippen molar-refractivity contribution in [3.63, 3.8) is 0 Å². The fraction of sp³-hybridized carbons (Fsp3) is 0.364. The van der Waals surface area contributed by atoms with Crippen LogP contribution < -0.4 is 14.8 Å². The summed E-state index contributed by atoms with van der Waals surface area (Å²) in [7, 11) is -1.27. The maximum atomic E-state index is 12.9. The number of ether oxygens (including phenoxy) is 2. The van der Waals surface area contributed by atoms with Gasteiger partial charge in [-0.3, -0.25) is 4.79 Å². The number of rotatable bonds is 7. The number of likely N-dealkylation sites (tertiary alicyclic amines) is 1. The largest absolute Gasteiger partial charge is 0.495 e. The third kappa shape index (κ3) is 6.37. The molecule has 9 nitrogen and oxygen atoms in total. The quantitative estimate of drug-likeness (QED) is 0.610. The van der Waals surface area contributed by atoms with E-state index in [1.54, 1.807) is 29.2 Å². The van der Waals surface area contributed by atoms with Crippen LogP contribution in [-0.2, 0) is 21.3 Å².